The molecule has 1 aromatic carbocycles. The number of amides is 1. The highest BCUT2D eigenvalue weighted by atomic mass is 16.5. The van der Waals surface area contributed by atoms with Gasteiger partial charge >= 0.3 is 0 Å². The van der Waals surface area contributed by atoms with Gasteiger partial charge in [0.05, 0.1) is 18.8 Å². The smallest absolute Gasteiger partial charge is 0.251 e. The van der Waals surface area contributed by atoms with Crippen LogP contribution in [0.25, 0.3) is 11.0 Å². The van der Waals surface area contributed by atoms with Crippen molar-refractivity contribution in [3.8, 4) is 5.75 Å². The van der Waals surface area contributed by atoms with Gasteiger partial charge in [0, 0.05) is 22.7 Å². The number of rotatable bonds is 3. The molecule has 24 heavy (non-hydrogen) atoms. The van der Waals surface area contributed by atoms with Crippen LogP contribution >= 0.6 is 0 Å². The molecule has 1 aromatic heterocycles. The highest BCUT2D eigenvalue weighted by molar-refractivity contribution is 5.99. The van der Waals surface area contributed by atoms with Gasteiger partial charge in [0.2, 0.25) is 0 Å². The normalized spacial score (nSPS) is 20.0. The van der Waals surface area contributed by atoms with Crippen LogP contribution in [0.1, 0.15) is 50.9 Å². The molecule has 0 saturated carbocycles. The first-order valence-electron chi connectivity index (χ1n) is 8.35. The fraction of sp³-hybridized carbons (Fsp3) is 0.526. The molecule has 0 bridgehead atoms. The van der Waals surface area contributed by atoms with E-state index in [2.05, 4.69) is 38.3 Å². The number of fused-ring (bicyclic) bond motifs is 1. The topological polar surface area (TPSA) is 63.5 Å². The molecule has 1 fully saturated rings. The molecule has 0 atom stereocenters. The second-order valence-corrected chi connectivity index (χ2v) is 7.98. The summed E-state index contributed by atoms with van der Waals surface area (Å²) in [4.78, 5) is 12.7. The maximum Gasteiger partial charge on any atom is 0.251 e. The van der Waals surface area contributed by atoms with E-state index in [0.717, 1.165) is 18.2 Å². The molecule has 2 heterocycles. The molecule has 1 amide bonds. The van der Waals surface area contributed by atoms with Crippen molar-refractivity contribution in [2.24, 2.45) is 0 Å². The minimum absolute atomic E-state index is 0.0116. The average molecular weight is 330 g/mol. The predicted octanol–water partition coefficient (Wildman–Crippen LogP) is 3.48. The lowest BCUT2D eigenvalue weighted by Crippen LogP contribution is -2.62. The van der Waals surface area contributed by atoms with Crippen LogP contribution in [-0.4, -0.2) is 30.1 Å². The fourth-order valence-electron chi connectivity index (χ4n) is 4.03. The van der Waals surface area contributed by atoms with Gasteiger partial charge in [-0.05, 0) is 58.7 Å². The van der Waals surface area contributed by atoms with Crippen LogP contribution in [0.2, 0.25) is 0 Å². The fourth-order valence-corrected chi connectivity index (χ4v) is 4.03. The summed E-state index contributed by atoms with van der Waals surface area (Å²) in [7, 11) is 1.60. The number of carbonyl (C=O) groups is 1. The first kappa shape index (κ1) is 16.8. The number of hydrogen-bond donors (Lipinski definition) is 2. The van der Waals surface area contributed by atoms with E-state index in [1.54, 1.807) is 25.5 Å². The van der Waals surface area contributed by atoms with Crippen molar-refractivity contribution in [2.75, 3.05) is 7.11 Å². The zero-order valence-electron chi connectivity index (χ0n) is 15.0. The third kappa shape index (κ3) is 3.41. The van der Waals surface area contributed by atoms with Gasteiger partial charge in [-0.2, -0.15) is 0 Å². The quantitative estimate of drug-likeness (QED) is 0.904. The summed E-state index contributed by atoms with van der Waals surface area (Å²) >= 11 is 0. The molecule has 0 aliphatic carbocycles. The maximum atomic E-state index is 12.7. The first-order chi connectivity index (χ1) is 11.2. The Morgan fingerprint density at radius 2 is 1.92 bits per heavy atom. The second-order valence-electron chi connectivity index (χ2n) is 7.98. The number of furan rings is 1. The molecule has 2 N–H and O–H groups in total. The number of benzene rings is 1. The van der Waals surface area contributed by atoms with Gasteiger partial charge in [-0.15, -0.1) is 0 Å². The molecular weight excluding hydrogens is 304 g/mol. The summed E-state index contributed by atoms with van der Waals surface area (Å²) in [5, 5.41) is 7.68. The summed E-state index contributed by atoms with van der Waals surface area (Å²) in [5.74, 6) is 0.558. The molecule has 3 rings (SSSR count). The second kappa shape index (κ2) is 5.81. The Morgan fingerprint density at radius 3 is 2.54 bits per heavy atom. The molecule has 5 nitrogen and oxygen atoms in total. The standard InChI is InChI=1S/C19H26N2O3/c1-18(2)10-13(11-19(3,4)21-18)20-17(22)12-8-15(23-5)14-6-7-24-16(14)9-12/h6-9,13,21H,10-11H2,1-5H3,(H,20,22). The molecule has 1 aliphatic heterocycles. The van der Waals surface area contributed by atoms with Gasteiger partial charge in [0.25, 0.3) is 5.91 Å². The molecule has 0 spiro atoms. The molecule has 2 aromatic rings. The van der Waals surface area contributed by atoms with Crippen LogP contribution in [0, 0.1) is 0 Å². The first-order valence-corrected chi connectivity index (χ1v) is 8.35. The van der Waals surface area contributed by atoms with Crippen LogP contribution < -0.4 is 15.4 Å². The Balaban J connectivity index is 1.82. The van der Waals surface area contributed by atoms with Gasteiger partial charge in [0.1, 0.15) is 11.3 Å². The summed E-state index contributed by atoms with van der Waals surface area (Å²) in [6.45, 7) is 8.69. The van der Waals surface area contributed by atoms with E-state index in [1.807, 2.05) is 6.07 Å². The van der Waals surface area contributed by atoms with Gasteiger partial charge in [-0.25, -0.2) is 0 Å². The number of nitrogens with one attached hydrogen (secondary N) is 2. The van der Waals surface area contributed by atoms with E-state index >= 15 is 0 Å². The molecule has 130 valence electrons. The van der Waals surface area contributed by atoms with E-state index < -0.39 is 0 Å². The average Bonchev–Trinajstić information content (AvgIpc) is 2.90. The SMILES string of the molecule is COc1cc(C(=O)NC2CC(C)(C)NC(C)(C)C2)cc2occc12. The van der Waals surface area contributed by atoms with Crippen molar-refractivity contribution >= 4 is 16.9 Å². The molecule has 5 heteroatoms. The summed E-state index contributed by atoms with van der Waals surface area (Å²) in [6, 6.07) is 5.50. The monoisotopic (exact) mass is 330 g/mol. The van der Waals surface area contributed by atoms with Gasteiger partial charge < -0.3 is 19.8 Å². The van der Waals surface area contributed by atoms with Crippen molar-refractivity contribution in [1.82, 2.24) is 10.6 Å². The zero-order valence-corrected chi connectivity index (χ0v) is 15.0. The van der Waals surface area contributed by atoms with Gasteiger partial charge in [-0.3, -0.25) is 4.79 Å². The molecule has 0 unspecified atom stereocenters. The van der Waals surface area contributed by atoms with E-state index in [9.17, 15) is 4.79 Å². The molecule has 1 aliphatic rings. The summed E-state index contributed by atoms with van der Waals surface area (Å²) < 4.78 is 10.8. The number of piperidine rings is 1. The van der Waals surface area contributed by atoms with Crippen LogP contribution in [0.5, 0.6) is 5.75 Å². The van der Waals surface area contributed by atoms with E-state index in [0.29, 0.717) is 16.9 Å². The lowest BCUT2D eigenvalue weighted by molar-refractivity contribution is 0.0873. The van der Waals surface area contributed by atoms with Crippen molar-refractivity contribution in [1.29, 1.82) is 0 Å². The molecular formula is C19H26N2O3. The number of methoxy groups -OCH3 is 1. The lowest BCUT2D eigenvalue weighted by Gasteiger charge is -2.46. The van der Waals surface area contributed by atoms with Crippen LogP contribution in [0.3, 0.4) is 0 Å². The molecule has 1 saturated heterocycles. The Morgan fingerprint density at radius 1 is 1.25 bits per heavy atom. The van der Waals surface area contributed by atoms with Gasteiger partial charge in [-0.1, -0.05) is 0 Å². The third-order valence-corrected chi connectivity index (χ3v) is 4.54. The number of ether oxygens (including phenoxy) is 1. The minimum atomic E-state index is -0.0925. The van der Waals surface area contributed by atoms with Crippen molar-refractivity contribution < 1.29 is 13.9 Å². The van der Waals surface area contributed by atoms with E-state index in [1.165, 1.54) is 0 Å². The maximum absolute atomic E-state index is 12.7. The number of hydrogen-bond acceptors (Lipinski definition) is 4. The van der Waals surface area contributed by atoms with Gasteiger partial charge in [0.15, 0.2) is 0 Å². The van der Waals surface area contributed by atoms with Crippen molar-refractivity contribution in [3.05, 3.63) is 30.0 Å². The van der Waals surface area contributed by atoms with Crippen LogP contribution in [-0.2, 0) is 0 Å². The van der Waals surface area contributed by atoms with E-state index in [-0.39, 0.29) is 23.0 Å². The Labute approximate surface area is 142 Å². The Hall–Kier alpha value is -2.01. The largest absolute Gasteiger partial charge is 0.496 e. The summed E-state index contributed by atoms with van der Waals surface area (Å²) in [5.41, 5.74) is 1.19. The highest BCUT2D eigenvalue weighted by Gasteiger charge is 2.38. The molecule has 0 radical (unpaired) electrons. The van der Waals surface area contributed by atoms with E-state index in [4.69, 9.17) is 9.15 Å². The number of carbonyl (C=O) groups excluding carboxylic acids is 1. The van der Waals surface area contributed by atoms with Crippen LogP contribution in [0.4, 0.5) is 0 Å². The minimum Gasteiger partial charge on any atom is -0.496 e. The zero-order chi connectivity index (χ0) is 17.5. The Kier molecular flexibility index (Phi) is 4.08. The summed E-state index contributed by atoms with van der Waals surface area (Å²) in [6.07, 6.45) is 3.39. The third-order valence-electron chi connectivity index (χ3n) is 4.54. The predicted molar refractivity (Wildman–Crippen MR) is 94.5 cm³/mol. The van der Waals surface area contributed by atoms with Crippen molar-refractivity contribution in [2.45, 2.75) is 57.7 Å². The van der Waals surface area contributed by atoms with Crippen LogP contribution in [0.15, 0.2) is 28.9 Å². The Bertz CT molecular complexity index is 745. The highest BCUT2D eigenvalue weighted by Crippen LogP contribution is 2.30. The van der Waals surface area contributed by atoms with Crippen molar-refractivity contribution in [3.63, 3.8) is 0 Å². The lowest BCUT2D eigenvalue weighted by atomic mass is 9.79.